The molecule has 1 aliphatic carbocycles. The zero-order chi connectivity index (χ0) is 13.8. The summed E-state index contributed by atoms with van der Waals surface area (Å²) in [6.07, 6.45) is 0. The third-order valence-electron chi connectivity index (χ3n) is 4.15. The summed E-state index contributed by atoms with van der Waals surface area (Å²) in [5.74, 6) is 0.366. The Hall–Kier alpha value is -1.18. The van der Waals surface area contributed by atoms with Gasteiger partial charge in [0.05, 0.1) is 5.69 Å². The lowest BCUT2D eigenvalue weighted by atomic mass is 10.2. The molecule has 0 bridgehead atoms. The summed E-state index contributed by atoms with van der Waals surface area (Å²) in [7, 11) is -3.95. The molecule has 0 radical (unpaired) electrons. The summed E-state index contributed by atoms with van der Waals surface area (Å²) in [6.45, 7) is 1.28. The number of aliphatic hydroxyl groups is 1. The monoisotopic (exact) mass is 286 g/mol. The molecular formula is C12H15FN2O3S. The second-order valence-electron chi connectivity index (χ2n) is 5.21. The number of para-hydroxylation sites is 1. The Balaban J connectivity index is 1.94. The molecule has 1 heterocycles. The van der Waals surface area contributed by atoms with Crippen LogP contribution < -0.4 is 10.0 Å². The van der Waals surface area contributed by atoms with Crippen molar-refractivity contribution in [2.75, 3.05) is 24.6 Å². The molecule has 3 atom stereocenters. The van der Waals surface area contributed by atoms with Gasteiger partial charge < -0.3 is 10.0 Å². The van der Waals surface area contributed by atoms with Crippen molar-refractivity contribution in [3.8, 4) is 0 Å². The van der Waals surface area contributed by atoms with Crippen LogP contribution in [0.4, 0.5) is 10.1 Å². The summed E-state index contributed by atoms with van der Waals surface area (Å²) >= 11 is 0. The minimum Gasteiger partial charge on any atom is -0.396 e. The lowest BCUT2D eigenvalue weighted by Gasteiger charge is -2.24. The standard InChI is InChI=1S/C12H15FN2O3S/c13-10-2-1-3-11(19(14,17)18)12(10)15-4-7-8(5-15)9(7)6-16/h1-3,7-9,16H,4-6H2,(H2,14,17,18)/t7-,8+,9?. The molecule has 0 amide bonds. The zero-order valence-electron chi connectivity index (χ0n) is 10.2. The van der Waals surface area contributed by atoms with Gasteiger partial charge >= 0.3 is 0 Å². The number of hydrogen-bond donors (Lipinski definition) is 2. The Morgan fingerprint density at radius 1 is 1.37 bits per heavy atom. The zero-order valence-corrected chi connectivity index (χ0v) is 11.0. The number of halogens is 1. The van der Waals surface area contributed by atoms with Gasteiger partial charge in [-0.25, -0.2) is 17.9 Å². The van der Waals surface area contributed by atoms with Crippen molar-refractivity contribution in [3.63, 3.8) is 0 Å². The van der Waals surface area contributed by atoms with Crippen LogP contribution in [0.3, 0.4) is 0 Å². The van der Waals surface area contributed by atoms with Gasteiger partial charge in [0, 0.05) is 19.7 Å². The van der Waals surface area contributed by atoms with E-state index < -0.39 is 15.8 Å². The Morgan fingerprint density at radius 3 is 2.53 bits per heavy atom. The maximum absolute atomic E-state index is 13.9. The maximum Gasteiger partial charge on any atom is 0.240 e. The average Bonchev–Trinajstić information content (AvgIpc) is 2.80. The molecule has 0 spiro atoms. The molecule has 0 aromatic heterocycles. The molecule has 1 unspecified atom stereocenters. The van der Waals surface area contributed by atoms with Crippen molar-refractivity contribution in [1.82, 2.24) is 0 Å². The van der Waals surface area contributed by atoms with Gasteiger partial charge in [-0.05, 0) is 29.9 Å². The first-order valence-corrected chi connectivity index (χ1v) is 7.65. The van der Waals surface area contributed by atoms with Crippen molar-refractivity contribution in [2.45, 2.75) is 4.90 Å². The van der Waals surface area contributed by atoms with Gasteiger partial charge in [-0.2, -0.15) is 0 Å². The van der Waals surface area contributed by atoms with Crippen LogP contribution in [0, 0.1) is 23.6 Å². The smallest absolute Gasteiger partial charge is 0.240 e. The van der Waals surface area contributed by atoms with E-state index in [4.69, 9.17) is 10.2 Å². The van der Waals surface area contributed by atoms with E-state index in [1.807, 2.05) is 0 Å². The molecule has 3 N–H and O–H groups in total. The molecule has 1 aliphatic heterocycles. The fourth-order valence-corrected chi connectivity index (χ4v) is 3.90. The summed E-state index contributed by atoms with van der Waals surface area (Å²) in [5, 5.41) is 14.2. The first-order chi connectivity index (χ1) is 8.93. The van der Waals surface area contributed by atoms with Crippen LogP contribution in [0.15, 0.2) is 23.1 Å². The molecule has 5 nitrogen and oxygen atoms in total. The highest BCUT2D eigenvalue weighted by Gasteiger charge is 2.55. The topological polar surface area (TPSA) is 83.6 Å². The van der Waals surface area contributed by atoms with Crippen molar-refractivity contribution in [3.05, 3.63) is 24.0 Å². The fourth-order valence-electron chi connectivity index (χ4n) is 3.13. The highest BCUT2D eigenvalue weighted by Crippen LogP contribution is 2.52. The minimum absolute atomic E-state index is 0.0638. The van der Waals surface area contributed by atoms with E-state index >= 15 is 0 Å². The number of aliphatic hydroxyl groups excluding tert-OH is 1. The lowest BCUT2D eigenvalue weighted by Crippen LogP contribution is -2.28. The minimum atomic E-state index is -3.95. The van der Waals surface area contributed by atoms with Crippen LogP contribution in [-0.4, -0.2) is 33.2 Å². The third kappa shape index (κ3) is 2.01. The van der Waals surface area contributed by atoms with Crippen LogP contribution >= 0.6 is 0 Å². The van der Waals surface area contributed by atoms with E-state index in [2.05, 4.69) is 0 Å². The van der Waals surface area contributed by atoms with Gasteiger partial charge in [-0.3, -0.25) is 0 Å². The normalized spacial score (nSPS) is 29.4. The Labute approximate surface area is 110 Å². The van der Waals surface area contributed by atoms with Gasteiger partial charge in [0.15, 0.2) is 0 Å². The van der Waals surface area contributed by atoms with Crippen molar-refractivity contribution in [1.29, 1.82) is 0 Å². The Kier molecular flexibility index (Phi) is 2.81. The molecule has 104 valence electrons. The number of primary sulfonamides is 1. The summed E-state index contributed by atoms with van der Waals surface area (Å²) in [6, 6.07) is 3.89. The van der Waals surface area contributed by atoms with Crippen LogP contribution in [0.1, 0.15) is 0 Å². The van der Waals surface area contributed by atoms with Crippen molar-refractivity contribution < 1.29 is 17.9 Å². The third-order valence-corrected chi connectivity index (χ3v) is 5.10. The SMILES string of the molecule is NS(=O)(=O)c1cccc(F)c1N1C[C@@H]2C(CO)[C@@H]2C1. The van der Waals surface area contributed by atoms with E-state index in [0.717, 1.165) is 0 Å². The molecule has 3 rings (SSSR count). The first kappa shape index (κ1) is 12.8. The highest BCUT2D eigenvalue weighted by atomic mass is 32.2. The molecule has 2 fully saturated rings. The number of hydrogen-bond acceptors (Lipinski definition) is 4. The van der Waals surface area contributed by atoms with E-state index in [1.165, 1.54) is 18.2 Å². The molecular weight excluding hydrogens is 271 g/mol. The first-order valence-electron chi connectivity index (χ1n) is 6.10. The number of anilines is 1. The summed E-state index contributed by atoms with van der Waals surface area (Å²) in [4.78, 5) is 1.55. The van der Waals surface area contributed by atoms with Gasteiger partial charge in [0.2, 0.25) is 10.0 Å². The molecule has 1 saturated carbocycles. The highest BCUT2D eigenvalue weighted by molar-refractivity contribution is 7.89. The largest absolute Gasteiger partial charge is 0.396 e. The molecule has 1 aromatic carbocycles. The van der Waals surface area contributed by atoms with Crippen molar-refractivity contribution >= 4 is 15.7 Å². The molecule has 19 heavy (non-hydrogen) atoms. The van der Waals surface area contributed by atoms with Crippen LogP contribution in [0.25, 0.3) is 0 Å². The number of benzene rings is 1. The molecule has 1 saturated heterocycles. The predicted molar refractivity (Wildman–Crippen MR) is 67.5 cm³/mol. The number of piperidine rings is 1. The predicted octanol–water partition coefficient (Wildman–Crippen LogP) is 0.148. The van der Waals surface area contributed by atoms with Gasteiger partial charge in [-0.1, -0.05) is 6.07 Å². The number of nitrogens with two attached hydrogens (primary N) is 1. The summed E-state index contributed by atoms with van der Waals surface area (Å²) < 4.78 is 37.0. The van der Waals surface area contributed by atoms with E-state index in [0.29, 0.717) is 24.9 Å². The van der Waals surface area contributed by atoms with Crippen molar-refractivity contribution in [2.24, 2.45) is 22.9 Å². The van der Waals surface area contributed by atoms with E-state index in [-0.39, 0.29) is 23.1 Å². The Bertz CT molecular complexity index is 607. The van der Waals surface area contributed by atoms with Crippen LogP contribution in [-0.2, 0) is 10.0 Å². The second-order valence-corrected chi connectivity index (χ2v) is 6.74. The lowest BCUT2D eigenvalue weighted by molar-refractivity contribution is 0.260. The molecule has 2 aliphatic rings. The quantitative estimate of drug-likeness (QED) is 0.828. The van der Waals surface area contributed by atoms with Gasteiger partial charge in [-0.15, -0.1) is 0 Å². The number of nitrogens with zero attached hydrogens (tertiary/aromatic N) is 1. The molecule has 1 aromatic rings. The Morgan fingerprint density at radius 2 is 2.00 bits per heavy atom. The van der Waals surface area contributed by atoms with Gasteiger partial charge in [0.25, 0.3) is 0 Å². The fraction of sp³-hybridized carbons (Fsp3) is 0.500. The van der Waals surface area contributed by atoms with Crippen LogP contribution in [0.2, 0.25) is 0 Å². The van der Waals surface area contributed by atoms with E-state index in [9.17, 15) is 12.8 Å². The number of sulfonamides is 1. The van der Waals surface area contributed by atoms with Gasteiger partial charge in [0.1, 0.15) is 10.7 Å². The van der Waals surface area contributed by atoms with E-state index in [1.54, 1.807) is 4.90 Å². The average molecular weight is 286 g/mol. The molecule has 7 heteroatoms. The number of fused-ring (bicyclic) bond motifs is 1. The maximum atomic E-state index is 13.9. The van der Waals surface area contributed by atoms with Crippen LogP contribution in [0.5, 0.6) is 0 Å². The summed E-state index contributed by atoms with van der Waals surface area (Å²) in [5.41, 5.74) is 0.0638. The second kappa shape index (κ2) is 4.16. The number of rotatable bonds is 3.